The van der Waals surface area contributed by atoms with Gasteiger partial charge in [-0.25, -0.2) is 0 Å². The second-order valence-electron chi connectivity index (χ2n) is 6.95. The Balaban J connectivity index is 1.68. The molecule has 2 aliphatic rings. The lowest BCUT2D eigenvalue weighted by molar-refractivity contribution is -0.130. The van der Waals surface area contributed by atoms with Crippen molar-refractivity contribution in [2.24, 2.45) is 10.4 Å². The van der Waals surface area contributed by atoms with E-state index in [4.69, 9.17) is 0 Å². The van der Waals surface area contributed by atoms with Crippen molar-refractivity contribution < 1.29 is 4.79 Å². The van der Waals surface area contributed by atoms with E-state index in [1.165, 1.54) is 6.42 Å². The van der Waals surface area contributed by atoms with Crippen LogP contribution in [0.4, 0.5) is 0 Å². The number of nitrogens with one attached hydrogen (secondary N) is 1. The van der Waals surface area contributed by atoms with Gasteiger partial charge in [-0.1, -0.05) is 32.5 Å². The van der Waals surface area contributed by atoms with Crippen molar-refractivity contribution in [3.63, 3.8) is 0 Å². The van der Waals surface area contributed by atoms with Gasteiger partial charge in [0.1, 0.15) is 0 Å². The van der Waals surface area contributed by atoms with Gasteiger partial charge in [0.15, 0.2) is 5.17 Å². The summed E-state index contributed by atoms with van der Waals surface area (Å²) in [7, 11) is 0. The first kappa shape index (κ1) is 15.7. The predicted molar refractivity (Wildman–Crippen MR) is 86.2 cm³/mol. The topological polar surface area (TPSA) is 44.7 Å². The van der Waals surface area contributed by atoms with Crippen LogP contribution in [0.15, 0.2) is 4.99 Å². The minimum absolute atomic E-state index is 0.215. The van der Waals surface area contributed by atoms with E-state index in [0.717, 1.165) is 44.1 Å². The fraction of sp³-hybridized carbons (Fsp3) is 0.867. The highest BCUT2D eigenvalue weighted by Crippen LogP contribution is 2.31. The molecule has 2 rings (SSSR count). The molecule has 5 heteroatoms. The van der Waals surface area contributed by atoms with Gasteiger partial charge in [-0.05, 0) is 31.1 Å². The quantitative estimate of drug-likeness (QED) is 0.870. The molecule has 0 aromatic heterocycles. The van der Waals surface area contributed by atoms with Crippen LogP contribution in [0.2, 0.25) is 0 Å². The molecule has 1 N–H and O–H groups in total. The highest BCUT2D eigenvalue weighted by Gasteiger charge is 2.25. The van der Waals surface area contributed by atoms with E-state index < -0.39 is 0 Å². The number of amidine groups is 1. The molecule has 0 spiro atoms. The Kier molecular flexibility index (Phi) is 5.35. The van der Waals surface area contributed by atoms with Gasteiger partial charge < -0.3 is 10.2 Å². The fourth-order valence-corrected chi connectivity index (χ4v) is 4.06. The van der Waals surface area contributed by atoms with Crippen LogP contribution in [0.5, 0.6) is 0 Å². The van der Waals surface area contributed by atoms with Crippen LogP contribution >= 0.6 is 11.8 Å². The molecule has 20 heavy (non-hydrogen) atoms. The molecule has 0 saturated carbocycles. The third kappa shape index (κ3) is 5.00. The lowest BCUT2D eigenvalue weighted by Gasteiger charge is -2.27. The van der Waals surface area contributed by atoms with Crippen LogP contribution in [0, 0.1) is 5.41 Å². The van der Waals surface area contributed by atoms with Crippen molar-refractivity contribution in [3.05, 3.63) is 0 Å². The molecule has 114 valence electrons. The number of rotatable bonds is 3. The van der Waals surface area contributed by atoms with Gasteiger partial charge in [0.05, 0.1) is 13.1 Å². The molecule has 0 radical (unpaired) electrons. The normalized spacial score (nSPS) is 23.6. The molecule has 0 aliphatic carbocycles. The molecular weight excluding hydrogens is 270 g/mol. The first-order chi connectivity index (χ1) is 9.44. The number of piperidine rings is 1. The molecule has 1 saturated heterocycles. The zero-order chi connectivity index (χ0) is 14.6. The van der Waals surface area contributed by atoms with Crippen LogP contribution < -0.4 is 5.32 Å². The average molecular weight is 297 g/mol. The van der Waals surface area contributed by atoms with Crippen molar-refractivity contribution in [3.8, 4) is 0 Å². The number of hydrogen-bond donors (Lipinski definition) is 1. The molecule has 4 nitrogen and oxygen atoms in total. The summed E-state index contributed by atoms with van der Waals surface area (Å²) in [4.78, 5) is 18.6. The van der Waals surface area contributed by atoms with Crippen molar-refractivity contribution in [2.75, 3.05) is 26.2 Å². The SMILES string of the molecule is CC(C)(C)CC1CN=C(NCC(=O)N2CCCCC2)S1. The first-order valence-corrected chi connectivity index (χ1v) is 8.55. The molecule has 1 unspecified atom stereocenters. The van der Waals surface area contributed by atoms with E-state index in [2.05, 4.69) is 31.1 Å². The fourth-order valence-electron chi connectivity index (χ4n) is 2.71. The largest absolute Gasteiger partial charge is 0.356 e. The number of carbonyl (C=O) groups excluding carboxylic acids is 1. The Labute approximate surface area is 126 Å². The third-order valence-corrected chi connectivity index (χ3v) is 4.80. The summed E-state index contributed by atoms with van der Waals surface area (Å²) >= 11 is 1.79. The van der Waals surface area contributed by atoms with E-state index in [1.807, 2.05) is 4.90 Å². The van der Waals surface area contributed by atoms with Crippen molar-refractivity contribution in [2.45, 2.75) is 51.7 Å². The second-order valence-corrected chi connectivity index (χ2v) is 8.23. The van der Waals surface area contributed by atoms with E-state index in [1.54, 1.807) is 11.8 Å². The van der Waals surface area contributed by atoms with Gasteiger partial charge in [-0.3, -0.25) is 9.79 Å². The molecule has 1 amide bonds. The van der Waals surface area contributed by atoms with Crippen LogP contribution in [0.25, 0.3) is 0 Å². The molecule has 1 fully saturated rings. The Hall–Kier alpha value is -0.710. The number of nitrogens with zero attached hydrogens (tertiary/aromatic N) is 2. The van der Waals surface area contributed by atoms with Gasteiger partial charge in [-0.2, -0.15) is 0 Å². The van der Waals surface area contributed by atoms with E-state index in [-0.39, 0.29) is 5.91 Å². The Morgan fingerprint density at radius 3 is 2.70 bits per heavy atom. The maximum atomic E-state index is 12.1. The number of hydrogen-bond acceptors (Lipinski definition) is 4. The van der Waals surface area contributed by atoms with Gasteiger partial charge in [-0.15, -0.1) is 0 Å². The number of aliphatic imine (C=N–C) groups is 1. The molecular formula is C15H27N3OS. The number of carbonyl (C=O) groups is 1. The van der Waals surface area contributed by atoms with E-state index in [0.29, 0.717) is 17.2 Å². The van der Waals surface area contributed by atoms with E-state index >= 15 is 0 Å². The third-order valence-electron chi connectivity index (χ3n) is 3.66. The monoisotopic (exact) mass is 297 g/mol. The standard InChI is InChI=1S/C15H27N3OS/c1-15(2,3)9-12-10-16-14(20-12)17-11-13(19)18-7-5-4-6-8-18/h12H,4-11H2,1-3H3,(H,16,17). The van der Waals surface area contributed by atoms with Crippen LogP contribution in [0.3, 0.4) is 0 Å². The average Bonchev–Trinajstić information content (AvgIpc) is 2.82. The first-order valence-electron chi connectivity index (χ1n) is 7.67. The molecule has 0 aromatic carbocycles. The molecule has 1 atom stereocenters. The number of likely N-dealkylation sites (tertiary alicyclic amines) is 1. The van der Waals surface area contributed by atoms with Gasteiger partial charge in [0.25, 0.3) is 0 Å². The summed E-state index contributed by atoms with van der Waals surface area (Å²) in [6.07, 6.45) is 4.71. The molecule has 2 aliphatic heterocycles. The van der Waals surface area contributed by atoms with Crippen LogP contribution in [-0.2, 0) is 4.79 Å². The Morgan fingerprint density at radius 1 is 1.35 bits per heavy atom. The Morgan fingerprint density at radius 2 is 2.05 bits per heavy atom. The zero-order valence-electron chi connectivity index (χ0n) is 12.9. The number of thioether (sulfide) groups is 1. The predicted octanol–water partition coefficient (Wildman–Crippen LogP) is 2.50. The molecule has 0 aromatic rings. The second kappa shape index (κ2) is 6.83. The lowest BCUT2D eigenvalue weighted by atomic mass is 9.90. The minimum Gasteiger partial charge on any atom is -0.356 e. The van der Waals surface area contributed by atoms with Gasteiger partial charge >= 0.3 is 0 Å². The highest BCUT2D eigenvalue weighted by atomic mass is 32.2. The van der Waals surface area contributed by atoms with Gasteiger partial charge in [0, 0.05) is 18.3 Å². The summed E-state index contributed by atoms with van der Waals surface area (Å²) < 4.78 is 0. The molecule has 0 bridgehead atoms. The van der Waals surface area contributed by atoms with E-state index in [9.17, 15) is 4.79 Å². The minimum atomic E-state index is 0.215. The summed E-state index contributed by atoms with van der Waals surface area (Å²) in [6, 6.07) is 0. The maximum Gasteiger partial charge on any atom is 0.241 e. The summed E-state index contributed by atoms with van der Waals surface area (Å²) in [5.74, 6) is 0.215. The Bertz CT molecular complexity index is 370. The molecule has 2 heterocycles. The van der Waals surface area contributed by atoms with Crippen molar-refractivity contribution in [1.29, 1.82) is 0 Å². The van der Waals surface area contributed by atoms with Crippen LogP contribution in [0.1, 0.15) is 46.5 Å². The summed E-state index contributed by atoms with van der Waals surface area (Å²) in [5.41, 5.74) is 0.340. The number of amides is 1. The van der Waals surface area contributed by atoms with Crippen molar-refractivity contribution >= 4 is 22.8 Å². The smallest absolute Gasteiger partial charge is 0.241 e. The van der Waals surface area contributed by atoms with Crippen LogP contribution in [-0.4, -0.2) is 47.4 Å². The van der Waals surface area contributed by atoms with Gasteiger partial charge in [0.2, 0.25) is 5.91 Å². The zero-order valence-corrected chi connectivity index (χ0v) is 13.8. The lowest BCUT2D eigenvalue weighted by Crippen LogP contribution is -2.42. The summed E-state index contributed by atoms with van der Waals surface area (Å²) in [5, 5.41) is 4.72. The van der Waals surface area contributed by atoms with Crippen molar-refractivity contribution in [1.82, 2.24) is 10.2 Å². The maximum absolute atomic E-state index is 12.1. The summed E-state index contributed by atoms with van der Waals surface area (Å²) in [6.45, 7) is 9.91. The highest BCUT2D eigenvalue weighted by molar-refractivity contribution is 8.14.